The van der Waals surface area contributed by atoms with Gasteiger partial charge in [0.2, 0.25) is 5.91 Å². The number of rotatable bonds is 7. The van der Waals surface area contributed by atoms with Gasteiger partial charge in [-0.1, -0.05) is 13.8 Å². The number of carbonyl (C=O) groups is 1. The van der Waals surface area contributed by atoms with Gasteiger partial charge in [0.05, 0.1) is 18.0 Å². The van der Waals surface area contributed by atoms with E-state index in [0.29, 0.717) is 28.4 Å². The number of nitrogens with one attached hydrogen (secondary N) is 2. The number of methoxy groups -OCH3 is 1. The van der Waals surface area contributed by atoms with E-state index in [2.05, 4.69) is 29.4 Å². The van der Waals surface area contributed by atoms with Crippen molar-refractivity contribution >= 4 is 22.5 Å². The molecule has 1 aromatic heterocycles. The summed E-state index contributed by atoms with van der Waals surface area (Å²) in [6.45, 7) is 10.6. The Hall–Kier alpha value is -3.46. The number of fused-ring (bicyclic) bond motifs is 1. The largest absolute Gasteiger partial charge is 0.494 e. The number of hydrogen-bond acceptors (Lipinski definition) is 6. The number of nitrogens with zero attached hydrogens (tertiary/aromatic N) is 3. The molecule has 3 aromatic rings. The maximum absolute atomic E-state index is 14.1. The molecule has 0 aliphatic carbocycles. The van der Waals surface area contributed by atoms with Crippen molar-refractivity contribution in [2.45, 2.75) is 52.7 Å². The van der Waals surface area contributed by atoms with Crippen LogP contribution in [-0.2, 0) is 11.3 Å². The van der Waals surface area contributed by atoms with Gasteiger partial charge in [0.25, 0.3) is 5.56 Å². The molecule has 4 rings (SSSR count). The van der Waals surface area contributed by atoms with Gasteiger partial charge in [-0.15, -0.1) is 0 Å². The Balaban J connectivity index is 1.83. The molecule has 8 nitrogen and oxygen atoms in total. The second kappa shape index (κ2) is 11.3. The van der Waals surface area contributed by atoms with Crippen LogP contribution in [0.2, 0.25) is 0 Å². The van der Waals surface area contributed by atoms with Crippen LogP contribution in [0.1, 0.15) is 34.1 Å². The number of aromatic nitrogens is 2. The van der Waals surface area contributed by atoms with Crippen LogP contribution in [0.15, 0.2) is 41.2 Å². The van der Waals surface area contributed by atoms with Crippen LogP contribution in [0, 0.1) is 11.7 Å². The lowest BCUT2D eigenvalue weighted by Gasteiger charge is -2.28. The molecule has 1 atom stereocenters. The normalized spacial score (nSPS) is 16.3. The molecule has 1 amide bonds. The Morgan fingerprint density at radius 3 is 2.70 bits per heavy atom. The fraction of sp³-hybridized carbons (Fsp3) is 0.464. The highest BCUT2D eigenvalue weighted by atomic mass is 19.1. The summed E-state index contributed by atoms with van der Waals surface area (Å²) in [5.41, 5.74) is 1.63. The van der Waals surface area contributed by atoms with Crippen molar-refractivity contribution in [3.05, 3.63) is 52.6 Å². The number of halogens is 1. The number of anilines is 1. The summed E-state index contributed by atoms with van der Waals surface area (Å²) in [5, 5.41) is 6.89. The number of carbonyl (C=O) groups excluding carboxylic acids is 1. The minimum Gasteiger partial charge on any atom is -0.494 e. The van der Waals surface area contributed by atoms with Gasteiger partial charge in [0, 0.05) is 36.4 Å². The lowest BCUT2D eigenvalue weighted by Crippen LogP contribution is -2.41. The van der Waals surface area contributed by atoms with Crippen molar-refractivity contribution in [1.82, 2.24) is 20.2 Å². The molecule has 37 heavy (non-hydrogen) atoms. The summed E-state index contributed by atoms with van der Waals surface area (Å²) in [6, 6.07) is 10.3. The molecule has 198 valence electrons. The lowest BCUT2D eigenvalue weighted by molar-refractivity contribution is -0.122. The molecular weight excluding hydrogens is 473 g/mol. The molecule has 0 saturated carbocycles. The van der Waals surface area contributed by atoms with E-state index in [9.17, 15) is 14.0 Å². The monoisotopic (exact) mass is 509 g/mol. The summed E-state index contributed by atoms with van der Waals surface area (Å²) < 4.78 is 20.6. The molecule has 2 N–H and O–H groups in total. The van der Waals surface area contributed by atoms with Gasteiger partial charge in [-0.05, 0) is 69.1 Å². The van der Waals surface area contributed by atoms with E-state index < -0.39 is 5.82 Å². The van der Waals surface area contributed by atoms with Gasteiger partial charge in [0.1, 0.15) is 12.4 Å². The standard InChI is InChI=1S/C28H36FN5O3/c1-17(2)24-15-33(12-6-11-30-24)20-8-10-23-21(14-20)28(36)34(16-26(35)31-18(3)4)27(32-23)19-7-9-22(29)25(13-19)37-5/h7-10,13-14,17-18,24,30H,6,11-12,15-16H2,1-5H3,(H,31,35)/t24-/m0/s1. The predicted molar refractivity (Wildman–Crippen MR) is 145 cm³/mol. The van der Waals surface area contributed by atoms with Gasteiger partial charge >= 0.3 is 0 Å². The Morgan fingerprint density at radius 1 is 1.22 bits per heavy atom. The highest BCUT2D eigenvalue weighted by molar-refractivity contribution is 5.85. The third-order valence-corrected chi connectivity index (χ3v) is 6.70. The summed E-state index contributed by atoms with van der Waals surface area (Å²) in [7, 11) is 1.38. The van der Waals surface area contributed by atoms with Gasteiger partial charge in [-0.25, -0.2) is 9.37 Å². The summed E-state index contributed by atoms with van der Waals surface area (Å²) >= 11 is 0. The maximum Gasteiger partial charge on any atom is 0.262 e. The number of ether oxygens (including phenoxy) is 1. The average Bonchev–Trinajstić information content (AvgIpc) is 3.12. The third kappa shape index (κ3) is 5.93. The highest BCUT2D eigenvalue weighted by Gasteiger charge is 2.22. The van der Waals surface area contributed by atoms with E-state index in [1.807, 2.05) is 32.0 Å². The van der Waals surface area contributed by atoms with Gasteiger partial charge in [-0.3, -0.25) is 14.2 Å². The predicted octanol–water partition coefficient (Wildman–Crippen LogP) is 3.56. The van der Waals surface area contributed by atoms with E-state index in [4.69, 9.17) is 9.72 Å². The van der Waals surface area contributed by atoms with Crippen LogP contribution >= 0.6 is 0 Å². The van der Waals surface area contributed by atoms with Crippen LogP contribution in [0.4, 0.5) is 10.1 Å². The topological polar surface area (TPSA) is 88.5 Å². The first-order valence-electron chi connectivity index (χ1n) is 12.8. The average molecular weight is 510 g/mol. The van der Waals surface area contributed by atoms with Gasteiger partial charge < -0.3 is 20.3 Å². The molecular formula is C28H36FN5O3. The second-order valence-electron chi connectivity index (χ2n) is 10.2. The molecule has 1 aliphatic rings. The van der Waals surface area contributed by atoms with Crippen molar-refractivity contribution in [3.8, 4) is 17.1 Å². The molecule has 0 bridgehead atoms. The zero-order chi connectivity index (χ0) is 26.7. The fourth-order valence-corrected chi connectivity index (χ4v) is 4.71. The number of benzene rings is 2. The summed E-state index contributed by atoms with van der Waals surface area (Å²) in [6.07, 6.45) is 1.00. The van der Waals surface area contributed by atoms with Crippen LogP contribution in [0.3, 0.4) is 0 Å². The van der Waals surface area contributed by atoms with Gasteiger partial charge in [0.15, 0.2) is 11.6 Å². The molecule has 0 radical (unpaired) electrons. The molecule has 0 spiro atoms. The van der Waals surface area contributed by atoms with Crippen molar-refractivity contribution in [1.29, 1.82) is 0 Å². The Morgan fingerprint density at radius 2 is 2.00 bits per heavy atom. The summed E-state index contributed by atoms with van der Waals surface area (Å²) in [5.74, 6) is -0.0243. The van der Waals surface area contributed by atoms with Crippen molar-refractivity contribution < 1.29 is 13.9 Å². The molecule has 1 saturated heterocycles. The van der Waals surface area contributed by atoms with Crippen molar-refractivity contribution in [3.63, 3.8) is 0 Å². The molecule has 2 aromatic carbocycles. The quantitative estimate of drug-likeness (QED) is 0.507. The van der Waals surface area contributed by atoms with Crippen molar-refractivity contribution in [2.75, 3.05) is 31.6 Å². The first-order valence-corrected chi connectivity index (χ1v) is 12.8. The van der Waals surface area contributed by atoms with Crippen LogP contribution in [0.5, 0.6) is 5.75 Å². The smallest absolute Gasteiger partial charge is 0.262 e. The molecule has 2 heterocycles. The number of amides is 1. The van der Waals surface area contributed by atoms with E-state index in [0.717, 1.165) is 31.7 Å². The Labute approximate surface area is 216 Å². The fourth-order valence-electron chi connectivity index (χ4n) is 4.71. The van der Waals surface area contributed by atoms with Crippen molar-refractivity contribution in [2.24, 2.45) is 5.92 Å². The van der Waals surface area contributed by atoms with Gasteiger partial charge in [-0.2, -0.15) is 0 Å². The lowest BCUT2D eigenvalue weighted by atomic mass is 10.0. The molecule has 1 fully saturated rings. The Kier molecular flexibility index (Phi) is 8.12. The minimum absolute atomic E-state index is 0.0369. The van der Waals surface area contributed by atoms with Crippen LogP contribution in [0.25, 0.3) is 22.3 Å². The van der Waals surface area contributed by atoms with E-state index >= 15 is 0 Å². The first-order chi connectivity index (χ1) is 17.7. The highest BCUT2D eigenvalue weighted by Crippen LogP contribution is 2.27. The van der Waals surface area contributed by atoms with Crippen LogP contribution in [-0.4, -0.2) is 54.3 Å². The first kappa shape index (κ1) is 26.6. The SMILES string of the molecule is COc1cc(-c2nc3ccc(N4CCCN[C@H](C(C)C)C4)cc3c(=O)n2CC(=O)NC(C)C)ccc1F. The second-order valence-corrected chi connectivity index (χ2v) is 10.2. The summed E-state index contributed by atoms with van der Waals surface area (Å²) in [4.78, 5) is 33.6. The minimum atomic E-state index is -0.519. The Bertz CT molecular complexity index is 1340. The van der Waals surface area contributed by atoms with E-state index in [1.165, 1.54) is 29.9 Å². The molecule has 9 heteroatoms. The van der Waals surface area contributed by atoms with Crippen LogP contribution < -0.4 is 25.8 Å². The zero-order valence-corrected chi connectivity index (χ0v) is 22.2. The van der Waals surface area contributed by atoms with E-state index in [-0.39, 0.29) is 35.6 Å². The zero-order valence-electron chi connectivity index (χ0n) is 22.2. The molecule has 1 aliphatic heterocycles. The third-order valence-electron chi connectivity index (χ3n) is 6.70. The van der Waals surface area contributed by atoms with E-state index in [1.54, 1.807) is 0 Å². The molecule has 0 unspecified atom stereocenters. The maximum atomic E-state index is 14.1. The number of hydrogen-bond donors (Lipinski definition) is 2.